The Hall–Kier alpha value is -2.43. The van der Waals surface area contributed by atoms with Crippen LogP contribution in [0.25, 0.3) is 0 Å². The van der Waals surface area contributed by atoms with Crippen molar-refractivity contribution in [1.29, 1.82) is 0 Å². The van der Waals surface area contributed by atoms with E-state index in [1.54, 1.807) is 0 Å². The van der Waals surface area contributed by atoms with Gasteiger partial charge in [-0.1, -0.05) is 0 Å². The predicted molar refractivity (Wildman–Crippen MR) is 113 cm³/mol. The van der Waals surface area contributed by atoms with Gasteiger partial charge >= 0.3 is 5.00 Å². The van der Waals surface area contributed by atoms with E-state index < -0.39 is 4.92 Å². The molecule has 4 heterocycles. The lowest BCUT2D eigenvalue weighted by Gasteiger charge is -2.51. The molecule has 0 N–H and O–H groups in total. The molecule has 1 aromatic heterocycles. The molecule has 0 saturated carbocycles. The topological polar surface area (TPSA) is 87.2 Å². The smallest absolute Gasteiger partial charge is 0.345 e. The summed E-state index contributed by atoms with van der Waals surface area (Å²) in [4.78, 5) is 19.1. The Morgan fingerprint density at radius 2 is 1.90 bits per heavy atom. The van der Waals surface area contributed by atoms with Gasteiger partial charge in [-0.15, -0.1) is 10.2 Å². The van der Waals surface area contributed by atoms with Crippen LogP contribution in [0, 0.1) is 10.1 Å². The summed E-state index contributed by atoms with van der Waals surface area (Å²) < 4.78 is 1.26. The van der Waals surface area contributed by atoms with Crippen LogP contribution in [0.3, 0.4) is 0 Å². The largest absolute Gasteiger partial charge is 0.366 e. The number of rotatable bonds is 8. The van der Waals surface area contributed by atoms with Crippen LogP contribution in [0.1, 0.15) is 6.92 Å². The zero-order valence-corrected chi connectivity index (χ0v) is 17.4. The van der Waals surface area contributed by atoms with Crippen molar-refractivity contribution < 1.29 is 9.41 Å². The first-order chi connectivity index (χ1) is 14.1. The predicted octanol–water partition coefficient (Wildman–Crippen LogP) is 3.44. The van der Waals surface area contributed by atoms with Gasteiger partial charge in [0.15, 0.2) is 0 Å². The fourth-order valence-electron chi connectivity index (χ4n) is 4.09. The quantitative estimate of drug-likeness (QED) is 0.285. The number of nitrogens with zero attached hydrogens (tertiary/aromatic N) is 7. The lowest BCUT2D eigenvalue weighted by Crippen LogP contribution is -2.68. The fraction of sp³-hybridized carbons (Fsp3) is 0.526. The van der Waals surface area contributed by atoms with E-state index in [9.17, 15) is 10.1 Å². The molecule has 0 spiro atoms. The van der Waals surface area contributed by atoms with Gasteiger partial charge < -0.3 is 9.38 Å². The summed E-state index contributed by atoms with van der Waals surface area (Å²) in [5, 5.41) is 19.1. The molecule has 9 nitrogen and oxygen atoms in total. The van der Waals surface area contributed by atoms with E-state index in [4.69, 9.17) is 0 Å². The number of thiazole rings is 1. The monoisotopic (exact) mass is 416 g/mol. The van der Waals surface area contributed by atoms with Crippen molar-refractivity contribution in [3.05, 3.63) is 40.6 Å². The SMILES string of the molecule is CCN(CC[N+]12CCN(CC1)CC2)c1ccc(/N=N/c2ncc([N+](=O)[O-])s2)cc1. The molecular formula is C19H26N7O2S+. The fourth-order valence-corrected chi connectivity index (χ4v) is 4.64. The number of azo groups is 1. The van der Waals surface area contributed by atoms with Gasteiger partial charge in [0, 0.05) is 31.9 Å². The molecule has 10 heteroatoms. The van der Waals surface area contributed by atoms with Crippen LogP contribution < -0.4 is 4.90 Å². The maximum absolute atomic E-state index is 10.7. The molecule has 0 atom stereocenters. The van der Waals surface area contributed by atoms with E-state index in [-0.39, 0.29) is 10.1 Å². The Morgan fingerprint density at radius 3 is 2.48 bits per heavy atom. The molecule has 0 radical (unpaired) electrons. The molecule has 154 valence electrons. The first kappa shape index (κ1) is 19.9. The molecule has 2 bridgehead atoms. The molecule has 0 amide bonds. The van der Waals surface area contributed by atoms with E-state index in [2.05, 4.69) is 44.1 Å². The summed E-state index contributed by atoms with van der Waals surface area (Å²) in [7, 11) is 0. The standard InChI is InChI=1S/C19H26N7O2S/c1-2-24(10-14-26-11-7-23(8-12-26)9-13-26)17-5-3-16(4-6-17)21-22-19-20-15-18(29-19)25(27)28/h3-6,15H,2,7-14H2,1H3/q+1/b22-21+. The number of aromatic nitrogens is 1. The summed E-state index contributed by atoms with van der Waals surface area (Å²) >= 11 is 0.913. The molecule has 1 aromatic carbocycles. The number of benzene rings is 1. The van der Waals surface area contributed by atoms with Gasteiger partial charge in [-0.25, -0.2) is 4.98 Å². The van der Waals surface area contributed by atoms with E-state index in [0.29, 0.717) is 5.69 Å². The Labute approximate surface area is 174 Å². The second kappa shape index (κ2) is 8.52. The molecule has 5 rings (SSSR count). The van der Waals surface area contributed by atoms with Gasteiger partial charge in [0.05, 0.1) is 43.3 Å². The third-order valence-electron chi connectivity index (χ3n) is 6.02. The van der Waals surface area contributed by atoms with Crippen LogP contribution in [-0.4, -0.2) is 78.2 Å². The molecule has 3 aliphatic rings. The Kier molecular flexibility index (Phi) is 5.84. The molecule has 3 fully saturated rings. The zero-order chi connectivity index (χ0) is 20.3. The number of quaternary nitrogens is 1. The summed E-state index contributed by atoms with van der Waals surface area (Å²) in [5.41, 5.74) is 1.89. The van der Waals surface area contributed by atoms with Crippen molar-refractivity contribution in [1.82, 2.24) is 9.88 Å². The van der Waals surface area contributed by atoms with Gasteiger partial charge in [-0.2, -0.15) is 0 Å². The minimum Gasteiger partial charge on any atom is -0.366 e. The number of likely N-dealkylation sites (N-methyl/N-ethyl adjacent to an activating group) is 1. The van der Waals surface area contributed by atoms with Crippen molar-refractivity contribution in [2.75, 3.05) is 63.8 Å². The van der Waals surface area contributed by atoms with E-state index in [0.717, 1.165) is 24.4 Å². The first-order valence-electron chi connectivity index (χ1n) is 10.0. The van der Waals surface area contributed by atoms with Gasteiger partial charge in [0.25, 0.3) is 0 Å². The van der Waals surface area contributed by atoms with Crippen LogP contribution in [0.5, 0.6) is 0 Å². The number of anilines is 1. The molecule has 3 saturated heterocycles. The van der Waals surface area contributed by atoms with Crippen molar-refractivity contribution in [2.24, 2.45) is 10.2 Å². The number of fused-ring (bicyclic) bond motifs is 3. The molecule has 2 aromatic rings. The van der Waals surface area contributed by atoms with Crippen molar-refractivity contribution >= 4 is 32.8 Å². The van der Waals surface area contributed by atoms with Crippen LogP contribution in [0.2, 0.25) is 0 Å². The molecule has 29 heavy (non-hydrogen) atoms. The van der Waals surface area contributed by atoms with Crippen LogP contribution in [0.4, 0.5) is 21.5 Å². The highest BCUT2D eigenvalue weighted by atomic mass is 32.1. The maximum Gasteiger partial charge on any atom is 0.345 e. The van der Waals surface area contributed by atoms with E-state index >= 15 is 0 Å². The molecule has 0 unspecified atom stereocenters. The molecule has 0 aliphatic carbocycles. The van der Waals surface area contributed by atoms with Crippen LogP contribution in [0.15, 0.2) is 40.7 Å². The summed E-state index contributed by atoms with van der Waals surface area (Å²) in [5.74, 6) is 0. The van der Waals surface area contributed by atoms with Crippen LogP contribution in [-0.2, 0) is 0 Å². The summed E-state index contributed by atoms with van der Waals surface area (Å²) in [6.45, 7) is 13.0. The average molecular weight is 417 g/mol. The lowest BCUT2D eigenvalue weighted by atomic mass is 10.1. The Balaban J connectivity index is 1.36. The minimum atomic E-state index is -0.472. The normalized spacial score (nSPS) is 23.6. The van der Waals surface area contributed by atoms with E-state index in [1.165, 1.54) is 62.2 Å². The number of nitro groups is 1. The van der Waals surface area contributed by atoms with Crippen molar-refractivity contribution in [3.63, 3.8) is 0 Å². The van der Waals surface area contributed by atoms with Gasteiger partial charge in [-0.3, -0.25) is 15.0 Å². The lowest BCUT2D eigenvalue weighted by molar-refractivity contribution is -0.939. The number of piperazine rings is 3. The molecule has 3 aliphatic heterocycles. The Morgan fingerprint density at radius 1 is 1.21 bits per heavy atom. The number of hydrogen-bond acceptors (Lipinski definition) is 8. The van der Waals surface area contributed by atoms with Gasteiger partial charge in [0.1, 0.15) is 6.20 Å². The minimum absolute atomic E-state index is 0.0330. The highest BCUT2D eigenvalue weighted by molar-refractivity contribution is 7.18. The second-order valence-electron chi connectivity index (χ2n) is 7.61. The summed E-state index contributed by atoms with van der Waals surface area (Å²) in [6, 6.07) is 7.98. The van der Waals surface area contributed by atoms with Crippen molar-refractivity contribution in [3.8, 4) is 0 Å². The molecular weight excluding hydrogens is 390 g/mol. The number of hydrogen-bond donors (Lipinski definition) is 0. The third-order valence-corrected chi connectivity index (χ3v) is 6.86. The third kappa shape index (κ3) is 4.60. The summed E-state index contributed by atoms with van der Waals surface area (Å²) in [6.07, 6.45) is 1.20. The average Bonchev–Trinajstić information content (AvgIpc) is 3.24. The maximum atomic E-state index is 10.7. The van der Waals surface area contributed by atoms with Gasteiger partial charge in [0.2, 0.25) is 5.13 Å². The second-order valence-corrected chi connectivity index (χ2v) is 8.60. The first-order valence-corrected chi connectivity index (χ1v) is 10.8. The van der Waals surface area contributed by atoms with Crippen LogP contribution >= 0.6 is 11.3 Å². The highest BCUT2D eigenvalue weighted by Crippen LogP contribution is 2.29. The van der Waals surface area contributed by atoms with Gasteiger partial charge in [-0.05, 0) is 42.5 Å². The highest BCUT2D eigenvalue weighted by Gasteiger charge is 2.38. The Bertz CT molecular complexity index is 861. The van der Waals surface area contributed by atoms with E-state index in [1.807, 2.05) is 12.1 Å². The zero-order valence-electron chi connectivity index (χ0n) is 16.6. The van der Waals surface area contributed by atoms with Crippen molar-refractivity contribution in [2.45, 2.75) is 6.92 Å².